The summed E-state index contributed by atoms with van der Waals surface area (Å²) in [5, 5.41) is 16.3. The molecular weight excluding hydrogens is 304 g/mol. The first-order chi connectivity index (χ1) is 11.6. The Bertz CT molecular complexity index is 635. The Kier molecular flexibility index (Phi) is 3.98. The van der Waals surface area contributed by atoms with Crippen molar-refractivity contribution in [2.75, 3.05) is 27.3 Å². The fourth-order valence-electron chi connectivity index (χ4n) is 5.50. The topological polar surface area (TPSA) is 62.8 Å². The molecule has 2 unspecified atom stereocenters. The molecule has 3 aliphatic rings. The average molecular weight is 332 g/mol. The number of rotatable bonds is 5. The van der Waals surface area contributed by atoms with Crippen LogP contribution in [-0.4, -0.2) is 50.6 Å². The van der Waals surface area contributed by atoms with E-state index in [4.69, 9.17) is 9.47 Å². The summed E-state index contributed by atoms with van der Waals surface area (Å²) in [7, 11) is 3.79. The number of likely N-dealkylation sites (N-methyl/N-ethyl adjacent to an activating group) is 1. The summed E-state index contributed by atoms with van der Waals surface area (Å²) in [6, 6.07) is 4.99. The van der Waals surface area contributed by atoms with Gasteiger partial charge in [0.05, 0.1) is 13.7 Å². The highest BCUT2D eigenvalue weighted by molar-refractivity contribution is 5.60. The van der Waals surface area contributed by atoms with Gasteiger partial charge in [-0.25, -0.2) is 0 Å². The molecule has 5 atom stereocenters. The van der Waals surface area contributed by atoms with Gasteiger partial charge in [-0.15, -0.1) is 0 Å². The van der Waals surface area contributed by atoms with E-state index in [-0.39, 0.29) is 24.2 Å². The number of hydrogen-bond acceptors (Lipinski definition) is 5. The minimum absolute atomic E-state index is 0.0174. The van der Waals surface area contributed by atoms with Crippen LogP contribution in [0.25, 0.3) is 0 Å². The molecule has 1 heterocycles. The van der Waals surface area contributed by atoms with E-state index >= 15 is 0 Å². The number of benzene rings is 1. The highest BCUT2D eigenvalue weighted by atomic mass is 16.5. The Hall–Kier alpha value is -1.30. The Balaban J connectivity index is 1.83. The van der Waals surface area contributed by atoms with Gasteiger partial charge in [-0.2, -0.15) is 0 Å². The summed E-state index contributed by atoms with van der Waals surface area (Å²) >= 11 is 0. The minimum Gasteiger partial charge on any atom is -0.493 e. The summed E-state index contributed by atoms with van der Waals surface area (Å²) in [5.41, 5.74) is 2.73. The lowest BCUT2D eigenvalue weighted by Gasteiger charge is -2.52. The molecule has 24 heavy (non-hydrogen) atoms. The van der Waals surface area contributed by atoms with E-state index in [1.54, 1.807) is 7.11 Å². The van der Waals surface area contributed by atoms with Crippen LogP contribution in [0.1, 0.15) is 30.9 Å². The lowest BCUT2D eigenvalue weighted by atomic mass is 9.55. The van der Waals surface area contributed by atoms with E-state index < -0.39 is 0 Å². The third kappa shape index (κ3) is 2.04. The van der Waals surface area contributed by atoms with E-state index in [9.17, 15) is 5.11 Å². The van der Waals surface area contributed by atoms with Gasteiger partial charge in [-0.05, 0) is 43.9 Å². The molecule has 4 rings (SSSR count). The van der Waals surface area contributed by atoms with Gasteiger partial charge in [-0.1, -0.05) is 13.0 Å². The minimum atomic E-state index is -0.0174. The molecule has 1 aromatic carbocycles. The molecule has 2 aliphatic carbocycles. The molecule has 0 aromatic heterocycles. The Morgan fingerprint density at radius 2 is 2.17 bits per heavy atom. The van der Waals surface area contributed by atoms with E-state index in [0.29, 0.717) is 18.5 Å². The fourth-order valence-corrected chi connectivity index (χ4v) is 5.50. The van der Waals surface area contributed by atoms with Gasteiger partial charge >= 0.3 is 0 Å². The second-order valence-corrected chi connectivity index (χ2v) is 7.52. The third-order valence-corrected chi connectivity index (χ3v) is 6.54. The fraction of sp³-hybridized carbons (Fsp3) is 0.684. The van der Waals surface area contributed by atoms with Crippen molar-refractivity contribution in [3.05, 3.63) is 23.3 Å². The smallest absolute Gasteiger partial charge is 0.165 e. The first-order valence-corrected chi connectivity index (χ1v) is 9.03. The monoisotopic (exact) mass is 332 g/mol. The molecule has 5 heteroatoms. The third-order valence-electron chi connectivity index (χ3n) is 6.54. The molecule has 1 aromatic rings. The van der Waals surface area contributed by atoms with Crippen LogP contribution in [0.5, 0.6) is 11.5 Å². The molecule has 3 N–H and O–H groups in total. The average Bonchev–Trinajstić information content (AvgIpc) is 2.92. The number of aliphatic hydroxyl groups excluding tert-OH is 1. The zero-order valence-corrected chi connectivity index (χ0v) is 14.8. The highest BCUT2D eigenvalue weighted by Crippen LogP contribution is 2.60. The number of aliphatic hydroxyl groups is 1. The first kappa shape index (κ1) is 16.2. The standard InChI is InChI=1S/C19H28N2O3/c1-19-12-5-6-13(21-8-9-22)18(19)24-17-15(23-3)7-4-11(16(17)19)10-14(12)20-2/h4,7,12-14,18,20-22H,5-6,8-10H2,1-3H3/t12-,13?,14+,18-,19?/m1/s1. The molecule has 0 radical (unpaired) electrons. The van der Waals surface area contributed by atoms with Gasteiger partial charge in [-0.3, -0.25) is 0 Å². The van der Waals surface area contributed by atoms with Crippen LogP contribution in [0.3, 0.4) is 0 Å². The van der Waals surface area contributed by atoms with Gasteiger partial charge < -0.3 is 25.2 Å². The van der Waals surface area contributed by atoms with Crippen LogP contribution in [-0.2, 0) is 11.8 Å². The van der Waals surface area contributed by atoms with E-state index in [2.05, 4.69) is 30.7 Å². The van der Waals surface area contributed by atoms with E-state index in [0.717, 1.165) is 24.3 Å². The van der Waals surface area contributed by atoms with Crippen LogP contribution < -0.4 is 20.1 Å². The van der Waals surface area contributed by atoms with E-state index in [1.807, 2.05) is 6.07 Å². The molecule has 5 nitrogen and oxygen atoms in total. The van der Waals surface area contributed by atoms with Crippen molar-refractivity contribution in [2.24, 2.45) is 5.92 Å². The molecular formula is C19H28N2O3. The summed E-state index contributed by atoms with van der Waals surface area (Å²) in [6.07, 6.45) is 3.38. The van der Waals surface area contributed by atoms with Crippen molar-refractivity contribution < 1.29 is 14.6 Å². The van der Waals surface area contributed by atoms with Crippen LogP contribution in [0.2, 0.25) is 0 Å². The molecule has 1 aliphatic heterocycles. The lowest BCUT2D eigenvalue weighted by Crippen LogP contribution is -2.63. The molecule has 1 saturated carbocycles. The number of nitrogens with one attached hydrogen (secondary N) is 2. The predicted molar refractivity (Wildman–Crippen MR) is 92.9 cm³/mol. The highest BCUT2D eigenvalue weighted by Gasteiger charge is 2.60. The van der Waals surface area contributed by atoms with Crippen LogP contribution in [0, 0.1) is 5.92 Å². The van der Waals surface area contributed by atoms with Crippen molar-refractivity contribution in [1.29, 1.82) is 0 Å². The lowest BCUT2D eigenvalue weighted by molar-refractivity contribution is 0.0134. The van der Waals surface area contributed by atoms with E-state index in [1.165, 1.54) is 17.5 Å². The maximum absolute atomic E-state index is 9.21. The summed E-state index contributed by atoms with van der Waals surface area (Å²) in [5.74, 6) is 2.34. The number of ether oxygens (including phenoxy) is 2. The Morgan fingerprint density at radius 3 is 2.88 bits per heavy atom. The molecule has 0 saturated heterocycles. The van der Waals surface area contributed by atoms with Crippen molar-refractivity contribution in [1.82, 2.24) is 10.6 Å². The molecule has 132 valence electrons. The molecule has 1 fully saturated rings. The number of methoxy groups -OCH3 is 1. The Morgan fingerprint density at radius 1 is 1.33 bits per heavy atom. The first-order valence-electron chi connectivity index (χ1n) is 9.03. The van der Waals surface area contributed by atoms with Gasteiger partial charge in [0.2, 0.25) is 0 Å². The summed E-state index contributed by atoms with van der Waals surface area (Å²) < 4.78 is 12.1. The normalized spacial score (nSPS) is 36.2. The largest absolute Gasteiger partial charge is 0.493 e. The van der Waals surface area contributed by atoms with Gasteiger partial charge in [0.1, 0.15) is 6.10 Å². The maximum Gasteiger partial charge on any atom is 0.165 e. The predicted octanol–water partition coefficient (Wildman–Crippen LogP) is 1.22. The SMILES string of the molecule is CN[C@H]1Cc2ccc(OC)c3c2C2(C)[C@H](O3)C(NCCO)CC[C@H]12. The van der Waals surface area contributed by atoms with Crippen molar-refractivity contribution >= 4 is 0 Å². The number of hydrogen-bond donors (Lipinski definition) is 3. The van der Waals surface area contributed by atoms with Gasteiger partial charge in [0, 0.05) is 29.6 Å². The van der Waals surface area contributed by atoms with Crippen molar-refractivity contribution in [3.63, 3.8) is 0 Å². The van der Waals surface area contributed by atoms with Gasteiger partial charge in [0.15, 0.2) is 11.5 Å². The molecule has 0 bridgehead atoms. The Labute approximate surface area is 143 Å². The zero-order chi connectivity index (χ0) is 16.9. The zero-order valence-electron chi connectivity index (χ0n) is 14.8. The van der Waals surface area contributed by atoms with Crippen molar-refractivity contribution in [3.8, 4) is 11.5 Å². The van der Waals surface area contributed by atoms with Crippen LogP contribution >= 0.6 is 0 Å². The molecule has 0 spiro atoms. The van der Waals surface area contributed by atoms with Gasteiger partial charge in [0.25, 0.3) is 0 Å². The maximum atomic E-state index is 9.21. The second kappa shape index (κ2) is 5.90. The van der Waals surface area contributed by atoms with Crippen molar-refractivity contribution in [2.45, 2.75) is 49.8 Å². The molecule has 0 amide bonds. The summed E-state index contributed by atoms with van der Waals surface area (Å²) in [4.78, 5) is 0. The summed E-state index contributed by atoms with van der Waals surface area (Å²) in [6.45, 7) is 3.14. The quantitative estimate of drug-likeness (QED) is 0.757. The van der Waals surface area contributed by atoms with Crippen LogP contribution in [0.4, 0.5) is 0 Å². The second-order valence-electron chi connectivity index (χ2n) is 7.52. The van der Waals surface area contributed by atoms with Crippen LogP contribution in [0.15, 0.2) is 12.1 Å².